The van der Waals surface area contributed by atoms with Gasteiger partial charge in [0.05, 0.1) is 6.54 Å². The van der Waals surface area contributed by atoms with Crippen LogP contribution in [0, 0.1) is 33.1 Å². The molecule has 0 atom stereocenters. The second-order valence-electron chi connectivity index (χ2n) is 3.66. The highest BCUT2D eigenvalue weighted by Crippen LogP contribution is 2.15. The van der Waals surface area contributed by atoms with Crippen LogP contribution in [0.4, 0.5) is 0 Å². The molecule has 0 heterocycles. The molecule has 0 aliphatic rings. The lowest BCUT2D eigenvalue weighted by Gasteiger charge is -2.10. The van der Waals surface area contributed by atoms with Gasteiger partial charge in [0.1, 0.15) is 0 Å². The zero-order valence-corrected chi connectivity index (χ0v) is 9.35. The van der Waals surface area contributed by atoms with Crippen molar-refractivity contribution >= 4 is 5.91 Å². The minimum absolute atomic E-state index is 0.0945. The number of hydrogen-bond acceptors (Lipinski definition) is 1. The molecule has 0 aromatic heterocycles. The van der Waals surface area contributed by atoms with Crippen molar-refractivity contribution in [1.82, 2.24) is 5.32 Å². The van der Waals surface area contributed by atoms with E-state index in [4.69, 9.17) is 6.42 Å². The molecule has 1 amide bonds. The Bertz CT molecular complexity index is 404. The number of hydrogen-bond donors (Lipinski definition) is 1. The highest BCUT2D eigenvalue weighted by molar-refractivity contribution is 5.97. The molecule has 78 valence electrons. The van der Waals surface area contributed by atoms with E-state index in [1.54, 1.807) is 0 Å². The van der Waals surface area contributed by atoms with Crippen molar-refractivity contribution in [3.8, 4) is 12.3 Å². The second kappa shape index (κ2) is 4.65. The summed E-state index contributed by atoms with van der Waals surface area (Å²) in [5.41, 5.74) is 3.87. The van der Waals surface area contributed by atoms with Crippen molar-refractivity contribution in [2.75, 3.05) is 6.54 Å². The van der Waals surface area contributed by atoms with Gasteiger partial charge in [-0.2, -0.15) is 0 Å². The summed E-state index contributed by atoms with van der Waals surface area (Å²) in [6.07, 6.45) is 5.09. The van der Waals surface area contributed by atoms with Gasteiger partial charge in [-0.05, 0) is 31.9 Å². The molecule has 0 bridgehead atoms. The van der Waals surface area contributed by atoms with Crippen LogP contribution in [-0.2, 0) is 0 Å². The number of amides is 1. The fourth-order valence-corrected chi connectivity index (χ4v) is 1.76. The zero-order valence-electron chi connectivity index (χ0n) is 9.35. The molecule has 0 saturated carbocycles. The van der Waals surface area contributed by atoms with Crippen molar-refractivity contribution in [2.45, 2.75) is 20.8 Å². The van der Waals surface area contributed by atoms with Crippen LogP contribution in [0.15, 0.2) is 12.1 Å². The number of nitrogens with one attached hydrogen (secondary N) is 1. The monoisotopic (exact) mass is 201 g/mol. The normalized spacial score (nSPS) is 9.47. The zero-order chi connectivity index (χ0) is 11.4. The Morgan fingerprint density at radius 3 is 2.33 bits per heavy atom. The van der Waals surface area contributed by atoms with Crippen molar-refractivity contribution in [1.29, 1.82) is 0 Å². The molecule has 1 rings (SSSR count). The van der Waals surface area contributed by atoms with E-state index in [9.17, 15) is 4.79 Å². The Morgan fingerprint density at radius 1 is 1.33 bits per heavy atom. The largest absolute Gasteiger partial charge is 0.341 e. The van der Waals surface area contributed by atoms with Crippen molar-refractivity contribution in [3.05, 3.63) is 34.4 Å². The van der Waals surface area contributed by atoms with Crippen LogP contribution in [0.25, 0.3) is 0 Å². The van der Waals surface area contributed by atoms with Crippen LogP contribution in [0.2, 0.25) is 0 Å². The smallest absolute Gasteiger partial charge is 0.252 e. The lowest BCUT2D eigenvalue weighted by atomic mass is 9.99. The molecular weight excluding hydrogens is 186 g/mol. The number of carbonyl (C=O) groups is 1. The summed E-state index contributed by atoms with van der Waals surface area (Å²) in [5.74, 6) is 2.29. The SMILES string of the molecule is C#CCNC(=O)c1c(C)cc(C)cc1C. The third-order valence-electron chi connectivity index (χ3n) is 2.26. The molecule has 0 spiro atoms. The Hall–Kier alpha value is -1.75. The second-order valence-corrected chi connectivity index (χ2v) is 3.66. The van der Waals surface area contributed by atoms with Crippen molar-refractivity contribution in [3.63, 3.8) is 0 Å². The van der Waals surface area contributed by atoms with Crippen LogP contribution in [-0.4, -0.2) is 12.5 Å². The van der Waals surface area contributed by atoms with Gasteiger partial charge in [-0.3, -0.25) is 4.79 Å². The molecule has 0 fully saturated rings. The van der Waals surface area contributed by atoms with E-state index in [2.05, 4.69) is 11.2 Å². The molecular formula is C13H15NO. The summed E-state index contributed by atoms with van der Waals surface area (Å²) in [4.78, 5) is 11.7. The molecule has 0 saturated heterocycles. The van der Waals surface area contributed by atoms with E-state index in [1.165, 1.54) is 5.56 Å². The van der Waals surface area contributed by atoms with Gasteiger partial charge >= 0.3 is 0 Å². The van der Waals surface area contributed by atoms with Crippen LogP contribution < -0.4 is 5.32 Å². The molecule has 15 heavy (non-hydrogen) atoms. The lowest BCUT2D eigenvalue weighted by Crippen LogP contribution is -2.25. The summed E-state index contributed by atoms with van der Waals surface area (Å²) < 4.78 is 0. The molecule has 2 nitrogen and oxygen atoms in total. The van der Waals surface area contributed by atoms with Gasteiger partial charge < -0.3 is 5.32 Å². The van der Waals surface area contributed by atoms with Gasteiger partial charge in [0.25, 0.3) is 5.91 Å². The number of aryl methyl sites for hydroxylation is 3. The lowest BCUT2D eigenvalue weighted by molar-refractivity contribution is 0.0957. The summed E-state index contributed by atoms with van der Waals surface area (Å²) >= 11 is 0. The molecule has 0 unspecified atom stereocenters. The maximum atomic E-state index is 11.7. The third kappa shape index (κ3) is 2.60. The summed E-state index contributed by atoms with van der Waals surface area (Å²) in [5, 5.41) is 2.67. The van der Waals surface area contributed by atoms with E-state index >= 15 is 0 Å². The van der Waals surface area contributed by atoms with E-state index in [1.807, 2.05) is 32.9 Å². The van der Waals surface area contributed by atoms with E-state index in [0.29, 0.717) is 0 Å². The fourth-order valence-electron chi connectivity index (χ4n) is 1.76. The first kappa shape index (κ1) is 11.3. The van der Waals surface area contributed by atoms with Crippen LogP contribution in [0.3, 0.4) is 0 Å². The maximum Gasteiger partial charge on any atom is 0.252 e. The Balaban J connectivity index is 3.04. The standard InChI is InChI=1S/C13H15NO/c1-5-6-14-13(15)12-10(3)7-9(2)8-11(12)4/h1,7-8H,6H2,2-4H3,(H,14,15). The minimum atomic E-state index is -0.0945. The summed E-state index contributed by atoms with van der Waals surface area (Å²) in [6, 6.07) is 4.00. The third-order valence-corrected chi connectivity index (χ3v) is 2.26. The van der Waals surface area contributed by atoms with Gasteiger partial charge in [0, 0.05) is 5.56 Å². The average molecular weight is 201 g/mol. The number of rotatable bonds is 2. The Labute approximate surface area is 90.7 Å². The van der Waals surface area contributed by atoms with E-state index in [-0.39, 0.29) is 12.5 Å². The minimum Gasteiger partial charge on any atom is -0.341 e. The van der Waals surface area contributed by atoms with Gasteiger partial charge in [-0.1, -0.05) is 23.6 Å². The predicted octanol–water partition coefficient (Wildman–Crippen LogP) is 1.97. The fraction of sp³-hybridized carbons (Fsp3) is 0.308. The first-order chi connectivity index (χ1) is 7.06. The van der Waals surface area contributed by atoms with E-state index in [0.717, 1.165) is 16.7 Å². The average Bonchev–Trinajstić information content (AvgIpc) is 2.12. The summed E-state index contributed by atoms with van der Waals surface area (Å²) in [7, 11) is 0. The number of carbonyl (C=O) groups excluding carboxylic acids is 1. The van der Waals surface area contributed by atoms with Crippen LogP contribution >= 0.6 is 0 Å². The topological polar surface area (TPSA) is 29.1 Å². The molecule has 2 heteroatoms. The van der Waals surface area contributed by atoms with Crippen molar-refractivity contribution in [2.24, 2.45) is 0 Å². The van der Waals surface area contributed by atoms with Crippen molar-refractivity contribution < 1.29 is 4.79 Å². The molecule has 0 aliphatic heterocycles. The first-order valence-electron chi connectivity index (χ1n) is 4.85. The van der Waals surface area contributed by atoms with Crippen LogP contribution in [0.1, 0.15) is 27.0 Å². The molecule has 1 aromatic carbocycles. The first-order valence-corrected chi connectivity index (χ1v) is 4.85. The van der Waals surface area contributed by atoms with Crippen LogP contribution in [0.5, 0.6) is 0 Å². The predicted molar refractivity (Wildman–Crippen MR) is 61.8 cm³/mol. The highest BCUT2D eigenvalue weighted by atomic mass is 16.1. The van der Waals surface area contributed by atoms with E-state index < -0.39 is 0 Å². The Morgan fingerprint density at radius 2 is 1.87 bits per heavy atom. The molecule has 0 radical (unpaired) electrons. The number of benzene rings is 1. The quantitative estimate of drug-likeness (QED) is 0.728. The van der Waals surface area contributed by atoms with Gasteiger partial charge in [-0.15, -0.1) is 6.42 Å². The van der Waals surface area contributed by atoms with Gasteiger partial charge in [0.15, 0.2) is 0 Å². The highest BCUT2D eigenvalue weighted by Gasteiger charge is 2.11. The van der Waals surface area contributed by atoms with Gasteiger partial charge in [0.2, 0.25) is 0 Å². The maximum absolute atomic E-state index is 11.7. The Kier molecular flexibility index (Phi) is 3.51. The molecule has 1 aromatic rings. The van der Waals surface area contributed by atoms with Gasteiger partial charge in [-0.25, -0.2) is 0 Å². The number of terminal acetylenes is 1. The summed E-state index contributed by atoms with van der Waals surface area (Å²) in [6.45, 7) is 6.16. The molecule has 1 N–H and O–H groups in total. The molecule has 0 aliphatic carbocycles.